The Labute approximate surface area is 424 Å². The summed E-state index contributed by atoms with van der Waals surface area (Å²) in [6.07, 6.45) is 66.9. The van der Waals surface area contributed by atoms with Crippen molar-refractivity contribution in [2.45, 2.75) is 232 Å². The molecule has 0 radical (unpaired) electrons. The third-order valence-corrected chi connectivity index (χ3v) is 12.6. The van der Waals surface area contributed by atoms with Crippen molar-refractivity contribution >= 4 is 19.8 Å². The van der Waals surface area contributed by atoms with Gasteiger partial charge in [-0.05, 0) is 70.6 Å². The van der Waals surface area contributed by atoms with Crippen LogP contribution in [0, 0.1) is 0 Å². The summed E-state index contributed by atoms with van der Waals surface area (Å²) >= 11 is 0. The van der Waals surface area contributed by atoms with Crippen molar-refractivity contribution in [3.63, 3.8) is 0 Å². The molecule has 0 aliphatic heterocycles. The van der Waals surface area contributed by atoms with E-state index in [-0.39, 0.29) is 26.1 Å². The SMILES string of the molecule is CC/C=C\C/C=C\C/C=C\C/C=C\C/C=C\C/C=C\C/C=C\CCCCCCCCCCCCCCCCCCCC(=O)OC(COC(=O)CCCCCCCC)COP(=O)([O-])OCC[N+](C)(C)C. The lowest BCUT2D eigenvalue weighted by atomic mass is 10.0. The Morgan fingerprint density at radius 1 is 0.464 bits per heavy atom. The van der Waals surface area contributed by atoms with Crippen molar-refractivity contribution in [2.75, 3.05) is 47.5 Å². The molecule has 69 heavy (non-hydrogen) atoms. The minimum absolute atomic E-state index is 0.0314. The van der Waals surface area contributed by atoms with Crippen molar-refractivity contribution in [2.24, 2.45) is 0 Å². The number of phosphoric ester groups is 1. The number of quaternary nitrogens is 1. The lowest BCUT2D eigenvalue weighted by Gasteiger charge is -2.28. The molecule has 0 heterocycles. The Bertz CT molecular complexity index is 1440. The molecule has 9 nitrogen and oxygen atoms in total. The highest BCUT2D eigenvalue weighted by Crippen LogP contribution is 2.38. The van der Waals surface area contributed by atoms with Crippen LogP contribution in [0.15, 0.2) is 85.1 Å². The fourth-order valence-corrected chi connectivity index (χ4v) is 8.13. The minimum Gasteiger partial charge on any atom is -0.756 e. The zero-order chi connectivity index (χ0) is 50.6. The summed E-state index contributed by atoms with van der Waals surface area (Å²) in [5.41, 5.74) is 0. The zero-order valence-electron chi connectivity index (χ0n) is 45.0. The first-order valence-corrected chi connectivity index (χ1v) is 29.3. The van der Waals surface area contributed by atoms with Crippen molar-refractivity contribution in [1.29, 1.82) is 0 Å². The Morgan fingerprint density at radius 3 is 1.23 bits per heavy atom. The number of hydrogen-bond donors (Lipinski definition) is 0. The van der Waals surface area contributed by atoms with Gasteiger partial charge in [0, 0.05) is 12.8 Å². The van der Waals surface area contributed by atoms with E-state index in [1.807, 2.05) is 21.1 Å². The second-order valence-corrected chi connectivity index (χ2v) is 21.0. The number of phosphoric acid groups is 1. The molecule has 0 aliphatic rings. The number of rotatable bonds is 50. The van der Waals surface area contributed by atoms with Gasteiger partial charge in [-0.2, -0.15) is 0 Å². The van der Waals surface area contributed by atoms with Gasteiger partial charge in [-0.3, -0.25) is 14.2 Å². The van der Waals surface area contributed by atoms with E-state index in [2.05, 4.69) is 98.9 Å². The van der Waals surface area contributed by atoms with Gasteiger partial charge >= 0.3 is 11.9 Å². The van der Waals surface area contributed by atoms with Gasteiger partial charge in [-0.25, -0.2) is 0 Å². The van der Waals surface area contributed by atoms with Crippen LogP contribution in [0.4, 0.5) is 0 Å². The molecule has 10 heteroatoms. The van der Waals surface area contributed by atoms with Crippen LogP contribution in [0.5, 0.6) is 0 Å². The average molecular weight is 986 g/mol. The molecule has 0 spiro atoms. The number of carbonyl (C=O) groups excluding carboxylic acids is 2. The van der Waals surface area contributed by atoms with Crippen LogP contribution in [-0.4, -0.2) is 70.0 Å². The van der Waals surface area contributed by atoms with Crippen LogP contribution in [0.3, 0.4) is 0 Å². The van der Waals surface area contributed by atoms with Crippen LogP contribution in [0.1, 0.15) is 226 Å². The Balaban J connectivity index is 3.86. The molecule has 2 unspecified atom stereocenters. The molecule has 0 bridgehead atoms. The molecule has 0 aromatic rings. The number of likely N-dealkylation sites (N-methyl/N-ethyl adjacent to an activating group) is 1. The van der Waals surface area contributed by atoms with E-state index in [1.165, 1.54) is 96.3 Å². The van der Waals surface area contributed by atoms with Crippen LogP contribution in [-0.2, 0) is 32.7 Å². The maximum Gasteiger partial charge on any atom is 0.306 e. The van der Waals surface area contributed by atoms with Gasteiger partial charge in [0.15, 0.2) is 6.10 Å². The molecule has 398 valence electrons. The molecule has 0 fully saturated rings. The van der Waals surface area contributed by atoms with Crippen molar-refractivity contribution in [3.05, 3.63) is 85.1 Å². The topological polar surface area (TPSA) is 111 Å². The molecule has 2 atom stereocenters. The summed E-state index contributed by atoms with van der Waals surface area (Å²) < 4.78 is 33.8. The number of nitrogens with zero attached hydrogens (tertiary/aromatic N) is 1. The van der Waals surface area contributed by atoms with Gasteiger partial charge in [0.25, 0.3) is 7.82 Å². The maximum absolute atomic E-state index is 12.7. The average Bonchev–Trinajstić information content (AvgIpc) is 3.31. The molecule has 0 amide bonds. The third-order valence-electron chi connectivity index (χ3n) is 11.7. The first kappa shape index (κ1) is 66.2. The first-order valence-electron chi connectivity index (χ1n) is 27.8. The molecule has 0 N–H and O–H groups in total. The van der Waals surface area contributed by atoms with Crippen LogP contribution >= 0.6 is 7.82 Å². The highest BCUT2D eigenvalue weighted by molar-refractivity contribution is 7.45. The third kappa shape index (κ3) is 54.4. The van der Waals surface area contributed by atoms with Crippen LogP contribution < -0.4 is 4.89 Å². The molecule has 0 saturated carbocycles. The number of unbranched alkanes of at least 4 members (excludes halogenated alkanes) is 22. The first-order chi connectivity index (χ1) is 33.5. The van der Waals surface area contributed by atoms with Crippen molar-refractivity contribution < 1.29 is 42.1 Å². The molecular weight excluding hydrogens is 882 g/mol. The summed E-state index contributed by atoms with van der Waals surface area (Å²) in [6.45, 7) is 4.05. The summed E-state index contributed by atoms with van der Waals surface area (Å²) in [5, 5.41) is 0. The van der Waals surface area contributed by atoms with E-state index in [1.54, 1.807) is 0 Å². The highest BCUT2D eigenvalue weighted by Gasteiger charge is 2.21. The normalized spacial score (nSPS) is 14.0. The van der Waals surface area contributed by atoms with Gasteiger partial charge in [0.05, 0.1) is 27.7 Å². The summed E-state index contributed by atoms with van der Waals surface area (Å²) in [5.74, 6) is -0.842. The van der Waals surface area contributed by atoms with Crippen LogP contribution in [0.25, 0.3) is 0 Å². The highest BCUT2D eigenvalue weighted by atomic mass is 31.2. The lowest BCUT2D eigenvalue weighted by Crippen LogP contribution is -2.37. The predicted octanol–water partition coefficient (Wildman–Crippen LogP) is 16.5. The molecule has 0 aliphatic carbocycles. The van der Waals surface area contributed by atoms with Gasteiger partial charge in [0.2, 0.25) is 0 Å². The molecule has 0 aromatic carbocycles. The van der Waals surface area contributed by atoms with E-state index >= 15 is 0 Å². The van der Waals surface area contributed by atoms with E-state index in [0.29, 0.717) is 17.4 Å². The minimum atomic E-state index is -4.62. The van der Waals surface area contributed by atoms with Gasteiger partial charge < -0.3 is 27.9 Å². The second kappa shape index (κ2) is 50.1. The number of carbonyl (C=O) groups is 2. The quantitative estimate of drug-likeness (QED) is 0.0195. The van der Waals surface area contributed by atoms with E-state index in [9.17, 15) is 19.0 Å². The Hall–Kier alpha value is -2.81. The predicted molar refractivity (Wildman–Crippen MR) is 291 cm³/mol. The number of esters is 2. The van der Waals surface area contributed by atoms with E-state index in [4.69, 9.17) is 18.5 Å². The lowest BCUT2D eigenvalue weighted by molar-refractivity contribution is -0.870. The number of ether oxygens (including phenoxy) is 2. The second-order valence-electron chi connectivity index (χ2n) is 19.6. The molecular formula is C59H104NO8P. The molecule has 0 rings (SSSR count). The number of allylic oxidation sites excluding steroid dienone is 14. The summed E-state index contributed by atoms with van der Waals surface area (Å²) in [4.78, 5) is 37.4. The van der Waals surface area contributed by atoms with Gasteiger partial charge in [-0.1, -0.05) is 227 Å². The van der Waals surface area contributed by atoms with Crippen molar-refractivity contribution in [3.8, 4) is 0 Å². The van der Waals surface area contributed by atoms with Gasteiger partial charge in [-0.15, -0.1) is 0 Å². The van der Waals surface area contributed by atoms with Crippen molar-refractivity contribution in [1.82, 2.24) is 0 Å². The summed E-state index contributed by atoms with van der Waals surface area (Å²) in [6, 6.07) is 0. The number of hydrogen-bond acceptors (Lipinski definition) is 8. The monoisotopic (exact) mass is 986 g/mol. The zero-order valence-corrected chi connectivity index (χ0v) is 45.9. The fraction of sp³-hybridized carbons (Fsp3) is 0.729. The summed E-state index contributed by atoms with van der Waals surface area (Å²) in [7, 11) is 1.16. The van der Waals surface area contributed by atoms with E-state index in [0.717, 1.165) is 96.3 Å². The maximum atomic E-state index is 12.7. The standard InChI is InChI=1S/C59H104NO8P/c1-6-8-10-12-14-15-16-17-18-19-20-21-22-23-24-25-26-27-28-29-30-31-32-33-34-35-36-37-38-39-40-41-42-43-44-45-46-48-50-52-59(62)68-57(55-65-58(61)51-49-47-13-11-9-7-2)56-67-69(63,64)66-54-53-60(3,4)5/h8,10,14-15,17-18,20-21,23-24,26-27,29-30,57H,6-7,9,11-13,16,19,22,25,28,31-56H2,1-5H3/b10-8-,15-14-,18-17-,21-20-,24-23-,27-26-,30-29-. The largest absolute Gasteiger partial charge is 0.756 e. The smallest absolute Gasteiger partial charge is 0.306 e. The fourth-order valence-electron chi connectivity index (χ4n) is 7.40. The Morgan fingerprint density at radius 2 is 0.826 bits per heavy atom. The molecule has 0 saturated heterocycles. The van der Waals surface area contributed by atoms with Gasteiger partial charge in [0.1, 0.15) is 19.8 Å². The van der Waals surface area contributed by atoms with Crippen LogP contribution in [0.2, 0.25) is 0 Å². The van der Waals surface area contributed by atoms with E-state index < -0.39 is 32.5 Å². The Kier molecular flexibility index (Phi) is 48.1. The molecule has 0 aromatic heterocycles.